The van der Waals surface area contributed by atoms with Crippen LogP contribution in [0.15, 0.2) is 33.6 Å². The van der Waals surface area contributed by atoms with Crippen LogP contribution in [-0.2, 0) is 6.42 Å². The highest BCUT2D eigenvalue weighted by Crippen LogP contribution is 2.23. The molecular formula is C13H14F2N6O2. The Morgan fingerprint density at radius 3 is 2.65 bits per heavy atom. The van der Waals surface area contributed by atoms with Crippen molar-refractivity contribution >= 4 is 23.1 Å². The fraction of sp³-hybridized carbons (Fsp3) is 0.231. The molecule has 6 N–H and O–H groups in total. The third-order valence-corrected chi connectivity index (χ3v) is 3.14. The Hall–Kier alpha value is -3.04. The summed E-state index contributed by atoms with van der Waals surface area (Å²) in [5.41, 5.74) is 12.7. The molecule has 8 nitrogen and oxygen atoms in total. The van der Waals surface area contributed by atoms with Crippen LogP contribution < -0.4 is 16.2 Å². The lowest BCUT2D eigenvalue weighted by Gasteiger charge is -2.17. The Bertz CT molecular complexity index is 742. The summed E-state index contributed by atoms with van der Waals surface area (Å²) in [7, 11) is 0. The van der Waals surface area contributed by atoms with Gasteiger partial charge in [0.2, 0.25) is 5.84 Å². The van der Waals surface area contributed by atoms with Gasteiger partial charge in [-0.2, -0.15) is 8.78 Å². The Morgan fingerprint density at radius 2 is 2.09 bits per heavy atom. The molecular weight excluding hydrogens is 310 g/mol. The largest absolute Gasteiger partial charge is 0.431 e. The topological polar surface area (TPSA) is 143 Å². The van der Waals surface area contributed by atoms with Crippen LogP contribution in [0.5, 0.6) is 5.75 Å². The number of ether oxygens (including phenoxy) is 1. The van der Waals surface area contributed by atoms with Crippen LogP contribution in [-0.4, -0.2) is 34.1 Å². The number of aromatic nitrogens is 1. The SMILES string of the molecule is CC1=N/C(=N/O)C(=N)C(N)=C1Cc1ccc(OC(F)F)c(N)n1. The van der Waals surface area contributed by atoms with Gasteiger partial charge in [-0.1, -0.05) is 5.16 Å². The fourth-order valence-electron chi connectivity index (χ4n) is 2.02. The van der Waals surface area contributed by atoms with Crippen LogP contribution >= 0.6 is 0 Å². The van der Waals surface area contributed by atoms with Gasteiger partial charge in [0, 0.05) is 23.4 Å². The molecule has 1 aliphatic rings. The third-order valence-electron chi connectivity index (χ3n) is 3.14. The van der Waals surface area contributed by atoms with E-state index in [-0.39, 0.29) is 35.2 Å². The second kappa shape index (κ2) is 6.38. The molecule has 0 amide bonds. The first-order valence-electron chi connectivity index (χ1n) is 6.39. The Kier molecular flexibility index (Phi) is 4.53. The zero-order valence-electron chi connectivity index (χ0n) is 12.0. The van der Waals surface area contributed by atoms with E-state index in [4.69, 9.17) is 22.1 Å². The Labute approximate surface area is 129 Å². The van der Waals surface area contributed by atoms with Crippen molar-refractivity contribution < 1.29 is 18.7 Å². The number of pyridine rings is 1. The molecule has 0 saturated heterocycles. The third kappa shape index (κ3) is 3.42. The maximum Gasteiger partial charge on any atom is 0.387 e. The highest BCUT2D eigenvalue weighted by molar-refractivity contribution is 6.50. The molecule has 0 aromatic carbocycles. The van der Waals surface area contributed by atoms with E-state index in [1.54, 1.807) is 6.92 Å². The number of amidine groups is 1. The van der Waals surface area contributed by atoms with E-state index in [9.17, 15) is 8.78 Å². The highest BCUT2D eigenvalue weighted by Gasteiger charge is 2.23. The predicted octanol–water partition coefficient (Wildman–Crippen LogP) is 1.30. The molecule has 1 aliphatic heterocycles. The Balaban J connectivity index is 2.29. The number of halogens is 2. The quantitative estimate of drug-likeness (QED) is 0.487. The van der Waals surface area contributed by atoms with Gasteiger partial charge in [-0.3, -0.25) is 5.41 Å². The molecule has 1 aromatic rings. The summed E-state index contributed by atoms with van der Waals surface area (Å²) in [6.07, 6.45) is 0.182. The van der Waals surface area contributed by atoms with Gasteiger partial charge in [-0.25, -0.2) is 9.98 Å². The van der Waals surface area contributed by atoms with E-state index in [2.05, 4.69) is 19.9 Å². The van der Waals surface area contributed by atoms with Crippen LogP contribution in [0.4, 0.5) is 14.6 Å². The van der Waals surface area contributed by atoms with Gasteiger partial charge >= 0.3 is 6.61 Å². The van der Waals surface area contributed by atoms with Crippen LogP contribution in [0.3, 0.4) is 0 Å². The monoisotopic (exact) mass is 324 g/mol. The van der Waals surface area contributed by atoms with Crippen molar-refractivity contribution in [3.05, 3.63) is 29.1 Å². The highest BCUT2D eigenvalue weighted by atomic mass is 19.3. The number of hydrogen-bond acceptors (Lipinski definition) is 7. The number of nitrogen functional groups attached to an aromatic ring is 1. The first-order chi connectivity index (χ1) is 10.8. The minimum Gasteiger partial charge on any atom is -0.431 e. The summed E-state index contributed by atoms with van der Waals surface area (Å²) >= 11 is 0. The first-order valence-corrected chi connectivity index (χ1v) is 6.39. The van der Waals surface area contributed by atoms with E-state index < -0.39 is 6.61 Å². The van der Waals surface area contributed by atoms with Gasteiger partial charge in [0.1, 0.15) is 5.71 Å². The second-order valence-electron chi connectivity index (χ2n) is 4.63. The van der Waals surface area contributed by atoms with Crippen LogP contribution in [0, 0.1) is 5.41 Å². The average Bonchev–Trinajstić information content (AvgIpc) is 2.49. The van der Waals surface area contributed by atoms with Gasteiger partial charge in [0.25, 0.3) is 0 Å². The molecule has 0 radical (unpaired) electrons. The van der Waals surface area contributed by atoms with Crippen molar-refractivity contribution in [3.63, 3.8) is 0 Å². The van der Waals surface area contributed by atoms with Crippen molar-refractivity contribution in [3.8, 4) is 5.75 Å². The number of allylic oxidation sites excluding steroid dienone is 1. The number of nitrogens with one attached hydrogen (secondary N) is 1. The molecule has 0 spiro atoms. The number of aliphatic imine (C=N–C) groups is 1. The number of nitrogens with two attached hydrogens (primary N) is 2. The smallest absolute Gasteiger partial charge is 0.387 e. The molecule has 0 atom stereocenters. The average molecular weight is 324 g/mol. The lowest BCUT2D eigenvalue weighted by molar-refractivity contribution is -0.0495. The van der Waals surface area contributed by atoms with Crippen molar-refractivity contribution in [2.75, 3.05) is 5.73 Å². The summed E-state index contributed by atoms with van der Waals surface area (Å²) in [5, 5.41) is 19.4. The van der Waals surface area contributed by atoms with Crippen LogP contribution in [0.2, 0.25) is 0 Å². The summed E-state index contributed by atoms with van der Waals surface area (Å²) in [6, 6.07) is 2.74. The van der Waals surface area contributed by atoms with Crippen LogP contribution in [0.25, 0.3) is 0 Å². The summed E-state index contributed by atoms with van der Waals surface area (Å²) in [6.45, 7) is -1.36. The van der Waals surface area contributed by atoms with Gasteiger partial charge in [-0.05, 0) is 19.1 Å². The zero-order valence-corrected chi connectivity index (χ0v) is 12.0. The van der Waals surface area contributed by atoms with Crippen molar-refractivity contribution in [2.45, 2.75) is 20.0 Å². The Morgan fingerprint density at radius 1 is 1.39 bits per heavy atom. The summed E-state index contributed by atoms with van der Waals surface area (Å²) < 4.78 is 28.6. The zero-order chi connectivity index (χ0) is 17.1. The maximum atomic E-state index is 12.2. The van der Waals surface area contributed by atoms with Gasteiger partial charge < -0.3 is 21.4 Å². The normalized spacial score (nSPS) is 17.0. The first kappa shape index (κ1) is 16.3. The predicted molar refractivity (Wildman–Crippen MR) is 80.3 cm³/mol. The van der Waals surface area contributed by atoms with E-state index in [0.29, 0.717) is 17.0 Å². The summed E-state index contributed by atoms with van der Waals surface area (Å²) in [4.78, 5) is 7.94. The molecule has 2 heterocycles. The fourth-order valence-corrected chi connectivity index (χ4v) is 2.02. The van der Waals surface area contributed by atoms with E-state index in [0.717, 1.165) is 0 Å². The van der Waals surface area contributed by atoms with Crippen molar-refractivity contribution in [1.29, 1.82) is 5.41 Å². The molecule has 0 saturated carbocycles. The van der Waals surface area contributed by atoms with E-state index >= 15 is 0 Å². The number of dihydropyridines is 1. The van der Waals surface area contributed by atoms with Gasteiger partial charge in [-0.15, -0.1) is 0 Å². The van der Waals surface area contributed by atoms with Gasteiger partial charge in [0.05, 0.1) is 5.70 Å². The maximum absolute atomic E-state index is 12.2. The number of hydrogen-bond donors (Lipinski definition) is 4. The molecule has 2 rings (SSSR count). The minimum atomic E-state index is -2.99. The molecule has 23 heavy (non-hydrogen) atoms. The second-order valence-corrected chi connectivity index (χ2v) is 4.63. The van der Waals surface area contributed by atoms with Crippen LogP contribution in [0.1, 0.15) is 12.6 Å². The molecule has 0 bridgehead atoms. The molecule has 0 aliphatic carbocycles. The molecule has 0 unspecified atom stereocenters. The van der Waals surface area contributed by atoms with Gasteiger partial charge in [0.15, 0.2) is 11.6 Å². The van der Waals surface area contributed by atoms with Crippen molar-refractivity contribution in [1.82, 2.24) is 4.98 Å². The number of nitrogens with zero attached hydrogens (tertiary/aromatic N) is 3. The molecule has 122 valence electrons. The number of oxime groups is 1. The lowest BCUT2D eigenvalue weighted by atomic mass is 9.97. The summed E-state index contributed by atoms with van der Waals surface area (Å²) in [5.74, 6) is -0.584. The minimum absolute atomic E-state index is 0.0959. The lowest BCUT2D eigenvalue weighted by Crippen LogP contribution is -2.29. The molecule has 1 aromatic heterocycles. The van der Waals surface area contributed by atoms with E-state index in [1.807, 2.05) is 0 Å². The number of alkyl halides is 2. The molecule has 10 heteroatoms. The standard InChI is InChI=1S/C13H14F2N6O2/c1-5-7(9(16)10(17)12(19-5)21-22)4-6-2-3-8(11(18)20-6)23-13(14)15/h2-3,13,17,22H,4,16H2,1H3,(H2,18,20)/b17-10?,21-12+. The molecule has 0 fully saturated rings. The van der Waals surface area contributed by atoms with E-state index in [1.165, 1.54) is 12.1 Å². The number of rotatable bonds is 4. The number of anilines is 1. The van der Waals surface area contributed by atoms with Crippen molar-refractivity contribution in [2.24, 2.45) is 15.9 Å².